The van der Waals surface area contributed by atoms with Crippen molar-refractivity contribution in [3.8, 4) is 11.3 Å². The Bertz CT molecular complexity index is 1260. The Labute approximate surface area is 191 Å². The Balaban J connectivity index is 1.61. The van der Waals surface area contributed by atoms with Gasteiger partial charge in [0, 0.05) is 11.6 Å². The van der Waals surface area contributed by atoms with Gasteiger partial charge in [-0.25, -0.2) is 14.2 Å². The number of carbonyl (C=O) groups is 1. The number of hydrogen-bond donors (Lipinski definition) is 4. The number of halogens is 1. The van der Waals surface area contributed by atoms with E-state index in [0.717, 1.165) is 5.56 Å². The lowest BCUT2D eigenvalue weighted by atomic mass is 9.82. The molecule has 0 saturated heterocycles. The quantitative estimate of drug-likeness (QED) is 0.339. The summed E-state index contributed by atoms with van der Waals surface area (Å²) in [5.74, 6) is -0.0697. The number of nitrogens with zero attached hydrogens (tertiary/aromatic N) is 2. The minimum absolute atomic E-state index is 0.222. The Kier molecular flexibility index (Phi) is 6.11. The number of fused-ring (bicyclic) bond motifs is 1. The molecule has 4 rings (SSSR count). The summed E-state index contributed by atoms with van der Waals surface area (Å²) in [6.07, 6.45) is 0. The lowest BCUT2D eigenvalue weighted by Gasteiger charge is -2.32. The van der Waals surface area contributed by atoms with E-state index in [1.165, 1.54) is 12.1 Å². The maximum absolute atomic E-state index is 13.3. The maximum Gasteiger partial charge on any atom is 0.320 e. The molecule has 2 aromatic heterocycles. The number of rotatable bonds is 5. The number of urea groups is 1. The summed E-state index contributed by atoms with van der Waals surface area (Å²) in [7, 11) is 0. The van der Waals surface area contributed by atoms with Crippen molar-refractivity contribution in [3.63, 3.8) is 0 Å². The van der Waals surface area contributed by atoms with E-state index in [9.17, 15) is 14.3 Å². The molecule has 2 aromatic carbocycles. The van der Waals surface area contributed by atoms with E-state index in [1.807, 2.05) is 30.3 Å². The number of nitrogens with one attached hydrogen (secondary N) is 3. The third-order valence-electron chi connectivity index (χ3n) is 5.40. The van der Waals surface area contributed by atoms with Gasteiger partial charge in [-0.3, -0.25) is 10.4 Å². The van der Waals surface area contributed by atoms with Gasteiger partial charge in [0.05, 0.1) is 29.2 Å². The van der Waals surface area contributed by atoms with Crippen LogP contribution in [0.4, 0.5) is 15.0 Å². The molecular formula is C25H26FN5O2. The maximum atomic E-state index is 13.3. The highest BCUT2D eigenvalue weighted by molar-refractivity contribution is 5.97. The number of aromatic nitrogens is 3. The first kappa shape index (κ1) is 22.4. The van der Waals surface area contributed by atoms with E-state index < -0.39 is 6.03 Å². The number of aliphatic hydroxyl groups is 1. The van der Waals surface area contributed by atoms with Crippen LogP contribution in [0.15, 0.2) is 60.7 Å². The number of carbonyl (C=O) groups excluding carboxylic acids is 1. The highest BCUT2D eigenvalue weighted by Crippen LogP contribution is 2.33. The van der Waals surface area contributed by atoms with Gasteiger partial charge in [0.15, 0.2) is 0 Å². The van der Waals surface area contributed by atoms with Crippen molar-refractivity contribution in [2.24, 2.45) is 5.41 Å². The van der Waals surface area contributed by atoms with E-state index in [0.29, 0.717) is 27.9 Å². The number of aliphatic hydroxyl groups excluding tert-OH is 1. The molecule has 0 radical (unpaired) electrons. The minimum Gasteiger partial charge on any atom is -0.390 e. The van der Waals surface area contributed by atoms with Crippen molar-refractivity contribution >= 4 is 22.8 Å². The van der Waals surface area contributed by atoms with Gasteiger partial charge in [0.1, 0.15) is 17.3 Å². The lowest BCUT2D eigenvalue weighted by molar-refractivity contribution is 0.229. The van der Waals surface area contributed by atoms with Crippen molar-refractivity contribution in [2.45, 2.75) is 33.4 Å². The fourth-order valence-electron chi connectivity index (χ4n) is 3.85. The van der Waals surface area contributed by atoms with Gasteiger partial charge in [-0.15, -0.1) is 0 Å². The number of benzene rings is 2. The van der Waals surface area contributed by atoms with Crippen LogP contribution in [0.25, 0.3) is 22.2 Å². The molecule has 33 heavy (non-hydrogen) atoms. The molecule has 0 saturated carbocycles. The van der Waals surface area contributed by atoms with Crippen LogP contribution in [0, 0.1) is 11.2 Å². The van der Waals surface area contributed by atoms with Crippen LogP contribution in [0.2, 0.25) is 0 Å². The van der Waals surface area contributed by atoms with Gasteiger partial charge in [0.25, 0.3) is 0 Å². The molecule has 1 atom stereocenters. The molecule has 0 spiro atoms. The standard InChI is InChI=1S/C25H26FN5O2/c1-25(2,3)23(16-7-5-4-6-8-16)29-24(33)28-20-13-18-21(19(14-32)27-20)22(31-30-18)15-9-11-17(26)12-10-15/h4-13,23,32H,14H2,1-3H3,(H,30,31)(H2,27,28,29,33). The van der Waals surface area contributed by atoms with Crippen LogP contribution < -0.4 is 10.6 Å². The monoisotopic (exact) mass is 447 g/mol. The van der Waals surface area contributed by atoms with E-state index >= 15 is 0 Å². The summed E-state index contributed by atoms with van der Waals surface area (Å²) in [5, 5.41) is 23.6. The average Bonchev–Trinajstić information content (AvgIpc) is 3.21. The Morgan fingerprint density at radius 2 is 1.82 bits per heavy atom. The van der Waals surface area contributed by atoms with E-state index in [1.54, 1.807) is 18.2 Å². The molecule has 2 amide bonds. The van der Waals surface area contributed by atoms with E-state index in [4.69, 9.17) is 0 Å². The van der Waals surface area contributed by atoms with Gasteiger partial charge in [-0.05, 0) is 35.2 Å². The predicted molar refractivity (Wildman–Crippen MR) is 126 cm³/mol. The summed E-state index contributed by atoms with van der Waals surface area (Å²) in [4.78, 5) is 17.3. The summed E-state index contributed by atoms with van der Waals surface area (Å²) in [6, 6.07) is 16.7. The second kappa shape index (κ2) is 8.99. The number of pyridine rings is 1. The highest BCUT2D eigenvalue weighted by atomic mass is 19.1. The van der Waals surface area contributed by atoms with Gasteiger partial charge < -0.3 is 10.4 Å². The van der Waals surface area contributed by atoms with Gasteiger partial charge in [0.2, 0.25) is 0 Å². The molecule has 0 aliphatic rings. The molecule has 2 heterocycles. The van der Waals surface area contributed by atoms with Crippen molar-refractivity contribution in [1.82, 2.24) is 20.5 Å². The zero-order chi connectivity index (χ0) is 23.6. The molecule has 0 bridgehead atoms. The first-order valence-corrected chi connectivity index (χ1v) is 10.6. The van der Waals surface area contributed by atoms with Crippen molar-refractivity contribution in [1.29, 1.82) is 0 Å². The van der Waals surface area contributed by atoms with Crippen LogP contribution in [0.3, 0.4) is 0 Å². The first-order valence-electron chi connectivity index (χ1n) is 10.6. The van der Waals surface area contributed by atoms with Crippen LogP contribution in [-0.2, 0) is 6.61 Å². The topological polar surface area (TPSA) is 103 Å². The molecule has 7 nitrogen and oxygen atoms in total. The number of aromatic amines is 1. The predicted octanol–water partition coefficient (Wildman–Crippen LogP) is 5.17. The molecule has 4 N–H and O–H groups in total. The number of hydrogen-bond acceptors (Lipinski definition) is 4. The number of H-pyrrole nitrogens is 1. The minimum atomic E-state index is -0.409. The lowest BCUT2D eigenvalue weighted by Crippen LogP contribution is -2.39. The molecule has 1 unspecified atom stereocenters. The molecule has 0 aliphatic carbocycles. The number of amides is 2. The van der Waals surface area contributed by atoms with Crippen molar-refractivity contribution < 1.29 is 14.3 Å². The third kappa shape index (κ3) is 4.85. The summed E-state index contributed by atoms with van der Waals surface area (Å²) < 4.78 is 13.3. The Morgan fingerprint density at radius 3 is 2.45 bits per heavy atom. The van der Waals surface area contributed by atoms with Gasteiger partial charge in [-0.1, -0.05) is 51.1 Å². The Hall–Kier alpha value is -3.78. The van der Waals surface area contributed by atoms with E-state index in [-0.39, 0.29) is 29.7 Å². The van der Waals surface area contributed by atoms with Crippen LogP contribution >= 0.6 is 0 Å². The molecule has 4 aromatic rings. The van der Waals surface area contributed by atoms with Crippen LogP contribution in [-0.4, -0.2) is 26.3 Å². The smallest absolute Gasteiger partial charge is 0.320 e. The second-order valence-electron chi connectivity index (χ2n) is 8.92. The molecule has 0 fully saturated rings. The molecule has 0 aliphatic heterocycles. The molecular weight excluding hydrogens is 421 g/mol. The summed E-state index contributed by atoms with van der Waals surface area (Å²) in [6.45, 7) is 5.82. The SMILES string of the molecule is CC(C)(C)C(NC(=O)Nc1cc2[nH]nc(-c3ccc(F)cc3)c2c(CO)n1)c1ccccc1. The fraction of sp³-hybridized carbons (Fsp3) is 0.240. The van der Waals surface area contributed by atoms with Crippen LogP contribution in [0.1, 0.15) is 38.1 Å². The Morgan fingerprint density at radius 1 is 1.12 bits per heavy atom. The van der Waals surface area contributed by atoms with Gasteiger partial charge >= 0.3 is 6.03 Å². The molecule has 170 valence electrons. The van der Waals surface area contributed by atoms with Crippen molar-refractivity contribution in [3.05, 3.63) is 77.7 Å². The second-order valence-corrected chi connectivity index (χ2v) is 8.92. The normalized spacial score (nSPS) is 12.5. The highest BCUT2D eigenvalue weighted by Gasteiger charge is 2.28. The zero-order valence-corrected chi connectivity index (χ0v) is 18.7. The summed E-state index contributed by atoms with van der Waals surface area (Å²) >= 11 is 0. The van der Waals surface area contributed by atoms with Crippen LogP contribution in [0.5, 0.6) is 0 Å². The summed E-state index contributed by atoms with van der Waals surface area (Å²) in [5.41, 5.74) is 2.96. The largest absolute Gasteiger partial charge is 0.390 e. The van der Waals surface area contributed by atoms with E-state index in [2.05, 4.69) is 46.6 Å². The number of anilines is 1. The zero-order valence-electron chi connectivity index (χ0n) is 18.7. The van der Waals surface area contributed by atoms with Gasteiger partial charge in [-0.2, -0.15) is 5.10 Å². The first-order chi connectivity index (χ1) is 15.8. The average molecular weight is 448 g/mol. The fourth-order valence-corrected chi connectivity index (χ4v) is 3.85. The van der Waals surface area contributed by atoms with Crippen molar-refractivity contribution in [2.75, 3.05) is 5.32 Å². The molecule has 8 heteroatoms. The third-order valence-corrected chi connectivity index (χ3v) is 5.40.